The number of aryl methyl sites for hydroxylation is 1. The summed E-state index contributed by atoms with van der Waals surface area (Å²) in [4.78, 5) is 4.03. The molecule has 0 saturated heterocycles. The number of rotatable bonds is 3. The minimum atomic E-state index is 0.420. The van der Waals surface area contributed by atoms with Gasteiger partial charge in [-0.1, -0.05) is 6.92 Å². The van der Waals surface area contributed by atoms with Crippen LogP contribution in [0, 0.1) is 0 Å². The van der Waals surface area contributed by atoms with Crippen molar-refractivity contribution in [1.29, 1.82) is 0 Å². The maximum Gasteiger partial charge on any atom is 0.335 e. The number of nitrogens with one attached hydrogen (secondary N) is 1. The second-order valence-corrected chi connectivity index (χ2v) is 2.02. The smallest absolute Gasteiger partial charge is 0.335 e. The van der Waals surface area contributed by atoms with Crippen molar-refractivity contribution < 1.29 is 4.74 Å². The standard InChI is InChI=1S/C6H11N3O/c1-3-4-5-7-6(10-2)9-8-5/h3-4H2,1-2H3,(H,7,8,9). The van der Waals surface area contributed by atoms with E-state index in [0.717, 1.165) is 18.7 Å². The van der Waals surface area contributed by atoms with Crippen molar-refractivity contribution in [2.45, 2.75) is 19.8 Å². The molecule has 0 unspecified atom stereocenters. The predicted octanol–water partition coefficient (Wildman–Crippen LogP) is 0.766. The van der Waals surface area contributed by atoms with Crippen molar-refractivity contribution in [2.24, 2.45) is 0 Å². The summed E-state index contributed by atoms with van der Waals surface area (Å²) >= 11 is 0. The van der Waals surface area contributed by atoms with Gasteiger partial charge in [0.1, 0.15) is 5.82 Å². The van der Waals surface area contributed by atoms with Crippen LogP contribution >= 0.6 is 0 Å². The molecule has 0 aliphatic rings. The molecule has 4 heteroatoms. The molecular weight excluding hydrogens is 130 g/mol. The molecule has 0 aromatic carbocycles. The third kappa shape index (κ3) is 1.46. The van der Waals surface area contributed by atoms with Gasteiger partial charge in [0.2, 0.25) is 0 Å². The Bertz CT molecular complexity index is 197. The van der Waals surface area contributed by atoms with Crippen LogP contribution in [0.25, 0.3) is 0 Å². The van der Waals surface area contributed by atoms with Crippen LogP contribution in [0.3, 0.4) is 0 Å². The second-order valence-electron chi connectivity index (χ2n) is 2.02. The van der Waals surface area contributed by atoms with E-state index >= 15 is 0 Å². The Kier molecular flexibility index (Phi) is 2.25. The van der Waals surface area contributed by atoms with E-state index in [1.54, 1.807) is 7.11 Å². The lowest BCUT2D eigenvalue weighted by molar-refractivity contribution is 0.381. The molecule has 0 fully saturated rings. The highest BCUT2D eigenvalue weighted by molar-refractivity contribution is 4.94. The molecule has 1 aromatic heterocycles. The molecule has 10 heavy (non-hydrogen) atoms. The highest BCUT2D eigenvalue weighted by Crippen LogP contribution is 2.01. The third-order valence-corrected chi connectivity index (χ3v) is 1.18. The van der Waals surface area contributed by atoms with Gasteiger partial charge in [-0.15, -0.1) is 5.10 Å². The number of ether oxygens (including phenoxy) is 1. The van der Waals surface area contributed by atoms with Crippen LogP contribution < -0.4 is 4.74 Å². The Morgan fingerprint density at radius 1 is 1.60 bits per heavy atom. The highest BCUT2D eigenvalue weighted by Gasteiger charge is 1.99. The largest absolute Gasteiger partial charge is 0.466 e. The number of aromatic amines is 1. The van der Waals surface area contributed by atoms with Gasteiger partial charge in [-0.25, -0.2) is 0 Å². The molecule has 0 spiro atoms. The lowest BCUT2D eigenvalue weighted by Gasteiger charge is -1.86. The van der Waals surface area contributed by atoms with Gasteiger partial charge in [-0.05, 0) is 6.42 Å². The first-order valence-corrected chi connectivity index (χ1v) is 3.32. The van der Waals surface area contributed by atoms with E-state index in [2.05, 4.69) is 22.1 Å². The molecule has 0 aliphatic heterocycles. The van der Waals surface area contributed by atoms with Crippen molar-refractivity contribution in [3.63, 3.8) is 0 Å². The average molecular weight is 141 g/mol. The molecule has 0 aliphatic carbocycles. The molecule has 1 aromatic rings. The Morgan fingerprint density at radius 2 is 2.40 bits per heavy atom. The maximum atomic E-state index is 4.79. The second kappa shape index (κ2) is 3.20. The van der Waals surface area contributed by atoms with Gasteiger partial charge < -0.3 is 4.74 Å². The molecule has 1 rings (SSSR count). The number of aromatic nitrogens is 3. The summed E-state index contributed by atoms with van der Waals surface area (Å²) in [7, 11) is 1.55. The fourth-order valence-corrected chi connectivity index (χ4v) is 0.718. The van der Waals surface area contributed by atoms with Gasteiger partial charge in [0, 0.05) is 6.42 Å². The van der Waals surface area contributed by atoms with E-state index in [0.29, 0.717) is 6.01 Å². The molecule has 4 nitrogen and oxygen atoms in total. The first kappa shape index (κ1) is 7.05. The van der Waals surface area contributed by atoms with Crippen molar-refractivity contribution in [1.82, 2.24) is 15.2 Å². The highest BCUT2D eigenvalue weighted by atomic mass is 16.5. The van der Waals surface area contributed by atoms with E-state index in [1.165, 1.54) is 0 Å². The predicted molar refractivity (Wildman–Crippen MR) is 36.9 cm³/mol. The minimum absolute atomic E-state index is 0.420. The molecule has 0 saturated carbocycles. The van der Waals surface area contributed by atoms with Gasteiger partial charge in [-0.2, -0.15) is 4.98 Å². The summed E-state index contributed by atoms with van der Waals surface area (Å²) in [5, 5.41) is 6.57. The Hall–Kier alpha value is -1.06. The zero-order valence-electron chi connectivity index (χ0n) is 6.22. The van der Waals surface area contributed by atoms with E-state index in [9.17, 15) is 0 Å². The lowest BCUT2D eigenvalue weighted by atomic mass is 10.3. The summed E-state index contributed by atoms with van der Waals surface area (Å²) in [6.07, 6.45) is 1.99. The summed E-state index contributed by atoms with van der Waals surface area (Å²) < 4.78 is 4.79. The van der Waals surface area contributed by atoms with Crippen LogP contribution in [0.2, 0.25) is 0 Å². The van der Waals surface area contributed by atoms with E-state index in [1.807, 2.05) is 0 Å². The maximum absolute atomic E-state index is 4.79. The topological polar surface area (TPSA) is 50.8 Å². The fourth-order valence-electron chi connectivity index (χ4n) is 0.718. The number of methoxy groups -OCH3 is 1. The van der Waals surface area contributed by atoms with Crippen molar-refractivity contribution in [2.75, 3.05) is 7.11 Å². The molecule has 0 amide bonds. The summed E-state index contributed by atoms with van der Waals surface area (Å²) in [6.45, 7) is 2.09. The fraction of sp³-hybridized carbons (Fsp3) is 0.667. The number of nitrogens with zero attached hydrogens (tertiary/aromatic N) is 2. The molecule has 1 N–H and O–H groups in total. The lowest BCUT2D eigenvalue weighted by Crippen LogP contribution is -1.86. The average Bonchev–Trinajstić information content (AvgIpc) is 2.37. The van der Waals surface area contributed by atoms with Crippen LogP contribution in [0.15, 0.2) is 0 Å². The summed E-state index contributed by atoms with van der Waals surface area (Å²) in [5.74, 6) is 0.888. The van der Waals surface area contributed by atoms with Crippen LogP contribution in [-0.4, -0.2) is 22.3 Å². The van der Waals surface area contributed by atoms with Gasteiger partial charge in [0.15, 0.2) is 0 Å². The number of H-pyrrole nitrogens is 1. The van der Waals surface area contributed by atoms with Crippen molar-refractivity contribution in [3.05, 3.63) is 5.82 Å². The minimum Gasteiger partial charge on any atom is -0.466 e. The summed E-state index contributed by atoms with van der Waals surface area (Å²) in [6, 6.07) is 0.420. The van der Waals surface area contributed by atoms with E-state index < -0.39 is 0 Å². The normalized spacial score (nSPS) is 9.80. The van der Waals surface area contributed by atoms with Gasteiger partial charge in [-0.3, -0.25) is 5.10 Å². The van der Waals surface area contributed by atoms with Crippen LogP contribution in [0.4, 0.5) is 0 Å². The third-order valence-electron chi connectivity index (χ3n) is 1.18. The van der Waals surface area contributed by atoms with E-state index in [4.69, 9.17) is 4.74 Å². The monoisotopic (exact) mass is 141 g/mol. The van der Waals surface area contributed by atoms with Crippen molar-refractivity contribution in [3.8, 4) is 6.01 Å². The molecule has 1 heterocycles. The molecular formula is C6H11N3O. The van der Waals surface area contributed by atoms with Crippen molar-refractivity contribution >= 4 is 0 Å². The van der Waals surface area contributed by atoms with Crippen LogP contribution in [0.5, 0.6) is 6.01 Å². The zero-order chi connectivity index (χ0) is 7.40. The number of hydrogen-bond acceptors (Lipinski definition) is 3. The summed E-state index contributed by atoms with van der Waals surface area (Å²) in [5.41, 5.74) is 0. The molecule has 0 bridgehead atoms. The number of hydrogen-bond donors (Lipinski definition) is 1. The molecule has 0 atom stereocenters. The Balaban J connectivity index is 2.59. The molecule has 56 valence electrons. The van der Waals surface area contributed by atoms with E-state index in [-0.39, 0.29) is 0 Å². The van der Waals surface area contributed by atoms with Gasteiger partial charge >= 0.3 is 6.01 Å². The van der Waals surface area contributed by atoms with Gasteiger partial charge in [0.25, 0.3) is 0 Å². The Morgan fingerprint density at radius 3 is 2.90 bits per heavy atom. The Labute approximate surface area is 59.6 Å². The SMILES string of the molecule is CCCc1nc(OC)n[nH]1. The van der Waals surface area contributed by atoms with Crippen LogP contribution in [-0.2, 0) is 6.42 Å². The van der Waals surface area contributed by atoms with Gasteiger partial charge in [0.05, 0.1) is 7.11 Å². The zero-order valence-corrected chi connectivity index (χ0v) is 6.22. The first-order chi connectivity index (χ1) is 4.86. The quantitative estimate of drug-likeness (QED) is 0.676. The molecule has 0 radical (unpaired) electrons. The van der Waals surface area contributed by atoms with Crippen LogP contribution in [0.1, 0.15) is 19.2 Å². The first-order valence-electron chi connectivity index (χ1n) is 3.32.